The first kappa shape index (κ1) is 24.2. The maximum atomic E-state index is 14.3. The Kier molecular flexibility index (Phi) is 7.15. The molecule has 0 spiro atoms. The van der Waals surface area contributed by atoms with Crippen LogP contribution < -0.4 is 5.32 Å². The van der Waals surface area contributed by atoms with E-state index in [9.17, 15) is 22.7 Å². The molecule has 2 aromatic rings. The van der Waals surface area contributed by atoms with Gasteiger partial charge in [0, 0.05) is 17.3 Å². The van der Waals surface area contributed by atoms with Crippen molar-refractivity contribution in [3.8, 4) is 5.69 Å². The summed E-state index contributed by atoms with van der Waals surface area (Å²) in [6.07, 6.45) is 3.99. The van der Waals surface area contributed by atoms with Crippen LogP contribution in [0.5, 0.6) is 0 Å². The number of imidazole rings is 1. The van der Waals surface area contributed by atoms with Crippen molar-refractivity contribution in [2.75, 3.05) is 12.8 Å². The first-order valence-corrected chi connectivity index (χ1v) is 13.0. The summed E-state index contributed by atoms with van der Waals surface area (Å²) in [4.78, 5) is 16.7. The fourth-order valence-corrected chi connectivity index (χ4v) is 5.82. The zero-order valence-corrected chi connectivity index (χ0v) is 20.3. The summed E-state index contributed by atoms with van der Waals surface area (Å²) in [6.45, 7) is 1.82. The number of carbonyl (C=O) groups is 1. The molecule has 0 bridgehead atoms. The van der Waals surface area contributed by atoms with Crippen molar-refractivity contribution in [2.45, 2.75) is 43.5 Å². The quantitative estimate of drug-likeness (QED) is 0.588. The SMILES string of the molecule is CCC1C[C@@H](S(C)(=O)=O)CC[C@@]1(O)CNC(=O)c1ncn(-c2ccc(Br)cc2F)c1Cl. The summed E-state index contributed by atoms with van der Waals surface area (Å²) in [6, 6.07) is 4.42. The number of benzene rings is 1. The van der Waals surface area contributed by atoms with Crippen LogP contribution in [0.2, 0.25) is 5.15 Å². The number of halogens is 3. The molecule has 1 heterocycles. The summed E-state index contributed by atoms with van der Waals surface area (Å²) in [5.74, 6) is -1.41. The number of carbonyl (C=O) groups excluding carboxylic acids is 1. The second kappa shape index (κ2) is 9.17. The van der Waals surface area contributed by atoms with Crippen molar-refractivity contribution in [3.63, 3.8) is 0 Å². The summed E-state index contributed by atoms with van der Waals surface area (Å²) in [5.41, 5.74) is -1.17. The van der Waals surface area contributed by atoms with Crippen LogP contribution in [0.15, 0.2) is 29.0 Å². The highest BCUT2D eigenvalue weighted by Gasteiger charge is 2.44. The van der Waals surface area contributed by atoms with Crippen LogP contribution in [-0.4, -0.2) is 52.6 Å². The van der Waals surface area contributed by atoms with Gasteiger partial charge in [-0.3, -0.25) is 9.36 Å². The van der Waals surface area contributed by atoms with Gasteiger partial charge in [-0.25, -0.2) is 17.8 Å². The van der Waals surface area contributed by atoms with Crippen molar-refractivity contribution in [2.24, 2.45) is 5.92 Å². The van der Waals surface area contributed by atoms with E-state index in [2.05, 4.69) is 26.2 Å². The van der Waals surface area contributed by atoms with Gasteiger partial charge in [0.15, 0.2) is 5.69 Å². The Morgan fingerprint density at radius 1 is 1.48 bits per heavy atom. The van der Waals surface area contributed by atoms with Crippen LogP contribution in [-0.2, 0) is 9.84 Å². The number of sulfone groups is 1. The second-order valence-electron chi connectivity index (χ2n) is 7.97. The van der Waals surface area contributed by atoms with E-state index in [1.54, 1.807) is 6.07 Å². The maximum absolute atomic E-state index is 14.3. The van der Waals surface area contributed by atoms with Crippen molar-refractivity contribution in [1.29, 1.82) is 0 Å². The molecule has 7 nitrogen and oxygen atoms in total. The normalized spacial score (nSPS) is 24.2. The van der Waals surface area contributed by atoms with Crippen LogP contribution in [0.1, 0.15) is 43.1 Å². The van der Waals surface area contributed by atoms with Crippen LogP contribution in [0.25, 0.3) is 5.69 Å². The van der Waals surface area contributed by atoms with Crippen LogP contribution in [0.4, 0.5) is 4.39 Å². The first-order valence-electron chi connectivity index (χ1n) is 9.84. The van der Waals surface area contributed by atoms with Gasteiger partial charge >= 0.3 is 0 Å². The highest BCUT2D eigenvalue weighted by Crippen LogP contribution is 2.38. The first-order chi connectivity index (χ1) is 14.5. The maximum Gasteiger partial charge on any atom is 0.273 e. The lowest BCUT2D eigenvalue weighted by molar-refractivity contribution is -0.0455. The van der Waals surface area contributed by atoms with Crippen LogP contribution >= 0.6 is 27.5 Å². The van der Waals surface area contributed by atoms with Gasteiger partial charge in [0.25, 0.3) is 5.91 Å². The number of hydrogen-bond donors (Lipinski definition) is 2. The lowest BCUT2D eigenvalue weighted by Gasteiger charge is -2.42. The van der Waals surface area contributed by atoms with E-state index in [0.717, 1.165) is 0 Å². The molecule has 1 aromatic carbocycles. The Labute approximate surface area is 194 Å². The molecule has 1 aliphatic rings. The number of aliphatic hydroxyl groups is 1. The van der Waals surface area contributed by atoms with Crippen molar-refractivity contribution in [3.05, 3.63) is 45.7 Å². The third-order valence-electron chi connectivity index (χ3n) is 5.95. The van der Waals surface area contributed by atoms with E-state index >= 15 is 0 Å². The molecule has 0 aliphatic heterocycles. The number of nitrogens with zero attached hydrogens (tertiary/aromatic N) is 2. The minimum atomic E-state index is -3.19. The largest absolute Gasteiger partial charge is 0.388 e. The van der Waals surface area contributed by atoms with Crippen LogP contribution in [0, 0.1) is 11.7 Å². The smallest absolute Gasteiger partial charge is 0.273 e. The van der Waals surface area contributed by atoms with Crippen molar-refractivity contribution in [1.82, 2.24) is 14.9 Å². The van der Waals surface area contributed by atoms with E-state index in [0.29, 0.717) is 23.7 Å². The Morgan fingerprint density at radius 2 is 2.19 bits per heavy atom. The summed E-state index contributed by atoms with van der Waals surface area (Å²) in [5, 5.41) is 13.2. The third kappa shape index (κ3) is 5.13. The van der Waals surface area contributed by atoms with Crippen molar-refractivity contribution < 1.29 is 22.7 Å². The van der Waals surface area contributed by atoms with E-state index in [4.69, 9.17) is 11.6 Å². The molecule has 3 atom stereocenters. The average molecular weight is 537 g/mol. The minimum absolute atomic E-state index is 0.0569. The van der Waals surface area contributed by atoms with Gasteiger partial charge in [0.05, 0.1) is 16.5 Å². The standard InChI is InChI=1S/C20H24BrClFN3O4S/c1-3-12-8-14(31(2,29)30)6-7-20(12,28)10-24-19(27)17-18(22)26(11-25-17)16-5-4-13(21)9-15(16)23/h4-5,9,11-12,14,28H,3,6-8,10H2,1-2H3,(H,24,27)/t12?,14-,20+/m0/s1. The zero-order valence-electron chi connectivity index (χ0n) is 17.1. The molecule has 31 heavy (non-hydrogen) atoms. The van der Waals surface area contributed by atoms with E-state index in [1.807, 2.05) is 6.92 Å². The number of nitrogens with one attached hydrogen (secondary N) is 1. The van der Waals surface area contributed by atoms with Gasteiger partial charge < -0.3 is 10.4 Å². The number of hydrogen-bond acceptors (Lipinski definition) is 5. The molecule has 1 aliphatic carbocycles. The molecular weight excluding hydrogens is 513 g/mol. The average Bonchev–Trinajstić information content (AvgIpc) is 3.07. The molecule has 11 heteroatoms. The molecular formula is C20H24BrClFN3O4S. The fourth-order valence-electron chi connectivity index (χ4n) is 4.09. The molecule has 1 amide bonds. The summed E-state index contributed by atoms with van der Waals surface area (Å²) < 4.78 is 39.9. The van der Waals surface area contributed by atoms with E-state index in [-0.39, 0.29) is 35.4 Å². The van der Waals surface area contributed by atoms with Gasteiger partial charge in [-0.15, -0.1) is 0 Å². The van der Waals surface area contributed by atoms with Crippen molar-refractivity contribution >= 4 is 43.3 Å². The van der Waals surface area contributed by atoms with Gasteiger partial charge in [-0.1, -0.05) is 40.9 Å². The van der Waals surface area contributed by atoms with E-state index in [1.165, 1.54) is 29.3 Å². The minimum Gasteiger partial charge on any atom is -0.388 e. The molecule has 1 unspecified atom stereocenters. The summed E-state index contributed by atoms with van der Waals surface area (Å²) >= 11 is 9.46. The van der Waals surface area contributed by atoms with Crippen LogP contribution in [0.3, 0.4) is 0 Å². The highest BCUT2D eigenvalue weighted by atomic mass is 79.9. The van der Waals surface area contributed by atoms with Gasteiger partial charge in [0.2, 0.25) is 0 Å². The number of aromatic nitrogens is 2. The molecule has 3 rings (SSSR count). The molecule has 0 saturated heterocycles. The Balaban J connectivity index is 1.73. The third-order valence-corrected chi connectivity index (χ3v) is 8.45. The predicted molar refractivity (Wildman–Crippen MR) is 120 cm³/mol. The fraction of sp³-hybridized carbons (Fsp3) is 0.500. The molecule has 2 N–H and O–H groups in total. The van der Waals surface area contributed by atoms with Gasteiger partial charge in [-0.05, 0) is 43.4 Å². The molecule has 0 radical (unpaired) electrons. The monoisotopic (exact) mass is 535 g/mol. The molecule has 1 aromatic heterocycles. The summed E-state index contributed by atoms with van der Waals surface area (Å²) in [7, 11) is -3.19. The van der Waals surface area contributed by atoms with Gasteiger partial charge in [0.1, 0.15) is 27.1 Å². The lowest BCUT2D eigenvalue weighted by Crippen LogP contribution is -2.52. The Bertz CT molecular complexity index is 1090. The number of amides is 1. The topological polar surface area (TPSA) is 101 Å². The molecule has 170 valence electrons. The lowest BCUT2D eigenvalue weighted by atomic mass is 9.73. The Hall–Kier alpha value is -1.49. The number of rotatable bonds is 6. The molecule has 1 fully saturated rings. The zero-order chi connectivity index (χ0) is 23.0. The predicted octanol–water partition coefficient (Wildman–Crippen LogP) is 3.51. The second-order valence-corrected chi connectivity index (χ2v) is 11.6. The highest BCUT2D eigenvalue weighted by molar-refractivity contribution is 9.10. The van der Waals surface area contributed by atoms with Gasteiger partial charge in [-0.2, -0.15) is 0 Å². The molecule has 1 saturated carbocycles. The Morgan fingerprint density at radius 3 is 2.81 bits per heavy atom. The van der Waals surface area contributed by atoms with E-state index < -0.39 is 32.4 Å².